The second-order valence-corrected chi connectivity index (χ2v) is 4.12. The van der Waals surface area contributed by atoms with E-state index in [1.165, 1.54) is 0 Å². The van der Waals surface area contributed by atoms with Gasteiger partial charge in [-0.05, 0) is 40.2 Å². The molecule has 0 saturated carbocycles. The van der Waals surface area contributed by atoms with E-state index in [-0.39, 0.29) is 0 Å². The number of halogens is 1. The Morgan fingerprint density at radius 2 is 1.40 bits per heavy atom. The predicted octanol–water partition coefficient (Wildman–Crippen LogP) is 4.13. The van der Waals surface area contributed by atoms with Crippen molar-refractivity contribution in [3.63, 3.8) is 0 Å². The van der Waals surface area contributed by atoms with E-state index in [0.29, 0.717) is 5.75 Å². The van der Waals surface area contributed by atoms with E-state index in [1.54, 1.807) is 24.3 Å². The summed E-state index contributed by atoms with van der Waals surface area (Å²) in [4.78, 5) is 0.979. The summed E-state index contributed by atoms with van der Waals surface area (Å²) in [5, 5.41) is 8.63. The highest BCUT2D eigenvalue weighted by Gasteiger charge is 1.87. The Balaban J connectivity index is 0.000000151. The molecule has 3 heteroatoms. The summed E-state index contributed by atoms with van der Waals surface area (Å²) >= 11 is 7.47. The quantitative estimate of drug-likeness (QED) is 0.696. The van der Waals surface area contributed by atoms with E-state index >= 15 is 0 Å². The summed E-state index contributed by atoms with van der Waals surface area (Å²) in [6.07, 6.45) is 0. The fraction of sp³-hybridized carbons (Fsp3) is 0. The zero-order chi connectivity index (χ0) is 11.1. The molecule has 0 aliphatic carbocycles. The highest BCUT2D eigenvalue weighted by Crippen LogP contribution is 2.18. The van der Waals surface area contributed by atoms with Gasteiger partial charge in [-0.2, -0.15) is 0 Å². The smallest absolute Gasteiger partial charge is 0.115 e. The molecule has 15 heavy (non-hydrogen) atoms. The van der Waals surface area contributed by atoms with Crippen LogP contribution < -0.4 is 0 Å². The predicted molar refractivity (Wildman–Crippen MR) is 69.5 cm³/mol. The van der Waals surface area contributed by atoms with Crippen LogP contribution in [-0.2, 0) is 0 Å². The van der Waals surface area contributed by atoms with Crippen molar-refractivity contribution in [1.82, 2.24) is 0 Å². The number of para-hydroxylation sites is 1. The molecule has 0 aromatic heterocycles. The molecule has 78 valence electrons. The van der Waals surface area contributed by atoms with Crippen molar-refractivity contribution in [1.29, 1.82) is 0 Å². The van der Waals surface area contributed by atoms with Gasteiger partial charge in [0.15, 0.2) is 0 Å². The number of thiol groups is 1. The molecule has 0 unspecified atom stereocenters. The van der Waals surface area contributed by atoms with Crippen LogP contribution in [0, 0.1) is 0 Å². The number of rotatable bonds is 0. The molecule has 2 aromatic rings. The van der Waals surface area contributed by atoms with Crippen molar-refractivity contribution in [2.24, 2.45) is 0 Å². The second-order valence-electron chi connectivity index (χ2n) is 2.79. The van der Waals surface area contributed by atoms with E-state index in [4.69, 9.17) is 5.11 Å². The van der Waals surface area contributed by atoms with Gasteiger partial charge in [-0.25, -0.2) is 0 Å². The first-order chi connectivity index (χ1) is 7.20. The summed E-state index contributed by atoms with van der Waals surface area (Å²) in [5.74, 6) is 0.322. The van der Waals surface area contributed by atoms with Gasteiger partial charge in [0.25, 0.3) is 0 Å². The molecule has 2 rings (SSSR count). The number of aromatic hydroxyl groups is 1. The zero-order valence-electron chi connectivity index (χ0n) is 7.97. The second kappa shape index (κ2) is 6.53. The van der Waals surface area contributed by atoms with Crippen LogP contribution in [0.15, 0.2) is 64.0 Å². The van der Waals surface area contributed by atoms with E-state index in [2.05, 4.69) is 28.6 Å². The van der Waals surface area contributed by atoms with Crippen molar-refractivity contribution in [2.45, 2.75) is 4.90 Å². The molecule has 0 atom stereocenters. The fourth-order valence-electron chi connectivity index (χ4n) is 0.880. The van der Waals surface area contributed by atoms with Crippen molar-refractivity contribution >= 4 is 28.6 Å². The highest BCUT2D eigenvalue weighted by atomic mass is 79.9. The topological polar surface area (TPSA) is 20.2 Å². The van der Waals surface area contributed by atoms with Crippen LogP contribution in [0.1, 0.15) is 0 Å². The normalized spacial score (nSPS) is 8.93. The molecule has 0 radical (unpaired) electrons. The van der Waals surface area contributed by atoms with Crippen molar-refractivity contribution in [3.05, 3.63) is 59.1 Å². The number of benzene rings is 2. The van der Waals surface area contributed by atoms with Gasteiger partial charge >= 0.3 is 0 Å². The average Bonchev–Trinajstić information content (AvgIpc) is 2.25. The number of phenolic OH excluding ortho intramolecular Hbond substituents is 1. The van der Waals surface area contributed by atoms with Gasteiger partial charge in [-0.15, -0.1) is 12.6 Å². The summed E-state index contributed by atoms with van der Waals surface area (Å²) < 4.78 is 1.04. The van der Waals surface area contributed by atoms with Gasteiger partial charge in [0.2, 0.25) is 0 Å². The van der Waals surface area contributed by atoms with Gasteiger partial charge in [0, 0.05) is 9.37 Å². The molecule has 2 aromatic carbocycles. The minimum Gasteiger partial charge on any atom is -0.508 e. The van der Waals surface area contributed by atoms with Crippen LogP contribution in [0.2, 0.25) is 0 Å². The summed E-state index contributed by atoms with van der Waals surface area (Å²) in [6, 6.07) is 16.5. The van der Waals surface area contributed by atoms with Gasteiger partial charge < -0.3 is 5.11 Å². The summed E-state index contributed by atoms with van der Waals surface area (Å²) in [6.45, 7) is 0. The van der Waals surface area contributed by atoms with Gasteiger partial charge in [-0.1, -0.05) is 30.3 Å². The molecule has 0 fully saturated rings. The Kier molecular flexibility index (Phi) is 5.29. The third-order valence-electron chi connectivity index (χ3n) is 1.61. The Hall–Kier alpha value is -0.930. The lowest BCUT2D eigenvalue weighted by molar-refractivity contribution is 0.475. The maximum Gasteiger partial charge on any atom is 0.115 e. The SMILES string of the molecule is Oc1ccccc1.Sc1ccccc1Br. The first kappa shape index (κ1) is 12.1. The third-order valence-corrected chi connectivity index (χ3v) is 3.00. The minimum absolute atomic E-state index is 0.322. The first-order valence-electron chi connectivity index (χ1n) is 4.37. The van der Waals surface area contributed by atoms with Crippen LogP contribution in [0.5, 0.6) is 5.75 Å². The number of hydrogen-bond donors (Lipinski definition) is 2. The van der Waals surface area contributed by atoms with Gasteiger partial charge in [0.05, 0.1) is 0 Å². The lowest BCUT2D eigenvalue weighted by atomic mass is 10.3. The van der Waals surface area contributed by atoms with Crippen LogP contribution in [-0.4, -0.2) is 5.11 Å². The molecule has 0 aliphatic rings. The molecule has 0 saturated heterocycles. The molecule has 1 N–H and O–H groups in total. The minimum atomic E-state index is 0.322. The van der Waals surface area contributed by atoms with Crippen molar-refractivity contribution in [3.8, 4) is 5.75 Å². The number of hydrogen-bond acceptors (Lipinski definition) is 2. The van der Waals surface area contributed by atoms with Crippen LogP contribution in [0.4, 0.5) is 0 Å². The maximum atomic E-state index is 8.63. The zero-order valence-corrected chi connectivity index (χ0v) is 10.4. The largest absolute Gasteiger partial charge is 0.508 e. The average molecular weight is 283 g/mol. The van der Waals surface area contributed by atoms with Crippen molar-refractivity contribution in [2.75, 3.05) is 0 Å². The Morgan fingerprint density at radius 1 is 0.867 bits per heavy atom. The number of phenols is 1. The molecule has 1 nitrogen and oxygen atoms in total. The molecule has 0 amide bonds. The Bertz CT molecular complexity index is 382. The van der Waals surface area contributed by atoms with E-state index in [1.807, 2.05) is 30.3 Å². The Labute approximate surface area is 103 Å². The van der Waals surface area contributed by atoms with E-state index < -0.39 is 0 Å². The summed E-state index contributed by atoms with van der Waals surface area (Å²) in [7, 11) is 0. The molecule has 0 aliphatic heterocycles. The van der Waals surface area contributed by atoms with Crippen LogP contribution in [0.3, 0.4) is 0 Å². The summed E-state index contributed by atoms with van der Waals surface area (Å²) in [5.41, 5.74) is 0. The lowest BCUT2D eigenvalue weighted by Crippen LogP contribution is -1.64. The standard InChI is InChI=1S/C6H5BrS.C6H6O/c7-5-3-1-2-4-6(5)8;7-6-4-2-1-3-5-6/h1-4,8H;1-5,7H. The van der Waals surface area contributed by atoms with Crippen molar-refractivity contribution < 1.29 is 5.11 Å². The van der Waals surface area contributed by atoms with E-state index in [0.717, 1.165) is 9.37 Å². The first-order valence-corrected chi connectivity index (χ1v) is 5.61. The third kappa shape index (κ3) is 4.91. The van der Waals surface area contributed by atoms with Crippen LogP contribution in [0.25, 0.3) is 0 Å². The highest BCUT2D eigenvalue weighted by molar-refractivity contribution is 9.10. The molecule has 0 spiro atoms. The Morgan fingerprint density at radius 3 is 1.73 bits per heavy atom. The molecular weight excluding hydrogens is 272 g/mol. The van der Waals surface area contributed by atoms with E-state index in [9.17, 15) is 0 Å². The molecule has 0 heterocycles. The molecular formula is C12H11BrOS. The van der Waals surface area contributed by atoms with Crippen LogP contribution >= 0.6 is 28.6 Å². The maximum absolute atomic E-state index is 8.63. The van der Waals surface area contributed by atoms with Gasteiger partial charge in [0.1, 0.15) is 5.75 Å². The van der Waals surface area contributed by atoms with Gasteiger partial charge in [-0.3, -0.25) is 0 Å². The fourth-order valence-corrected chi connectivity index (χ4v) is 1.33. The monoisotopic (exact) mass is 282 g/mol. The lowest BCUT2D eigenvalue weighted by Gasteiger charge is -1.90. The molecule has 0 bridgehead atoms.